The molecule has 0 fully saturated rings. The molecule has 10 nitrogen and oxygen atoms in total. The molecular weight excluding hydrogens is 386 g/mol. The van der Waals surface area contributed by atoms with Crippen LogP contribution in [0.15, 0.2) is 69.5 Å². The number of hydrogen-bond donors (Lipinski definition) is 3. The van der Waals surface area contributed by atoms with Gasteiger partial charge in [-0.1, -0.05) is 36.4 Å². The number of aromatic amines is 1. The Kier molecular flexibility index (Phi) is 5.22. The molecular formula is C20H19N7O3. The minimum atomic E-state index is -0.900. The Hall–Kier alpha value is -4.05. The number of hydrogen-bond acceptors (Lipinski definition) is 7. The number of anilines is 1. The van der Waals surface area contributed by atoms with E-state index in [2.05, 4.69) is 25.5 Å². The van der Waals surface area contributed by atoms with Gasteiger partial charge in [0.1, 0.15) is 0 Å². The average molecular weight is 405 g/mol. The van der Waals surface area contributed by atoms with Crippen molar-refractivity contribution in [3.63, 3.8) is 0 Å². The molecule has 4 aromatic rings. The van der Waals surface area contributed by atoms with Crippen LogP contribution in [0.25, 0.3) is 11.2 Å². The van der Waals surface area contributed by atoms with Gasteiger partial charge in [-0.3, -0.25) is 23.9 Å². The molecule has 30 heavy (non-hydrogen) atoms. The Bertz CT molecular complexity index is 1310. The lowest BCUT2D eigenvalue weighted by molar-refractivity contribution is 0.158. The van der Waals surface area contributed by atoms with E-state index in [0.717, 1.165) is 5.56 Å². The van der Waals surface area contributed by atoms with Crippen molar-refractivity contribution in [3.05, 3.63) is 86.8 Å². The molecule has 3 aromatic heterocycles. The van der Waals surface area contributed by atoms with Gasteiger partial charge in [0.25, 0.3) is 5.56 Å². The van der Waals surface area contributed by atoms with Gasteiger partial charge in [-0.05, 0) is 11.6 Å². The second kappa shape index (κ2) is 8.13. The van der Waals surface area contributed by atoms with Crippen molar-refractivity contribution in [2.45, 2.75) is 12.6 Å². The molecule has 4 rings (SSSR count). The number of hydrazone groups is 1. The molecule has 10 heteroatoms. The first-order valence-corrected chi connectivity index (χ1v) is 9.16. The number of pyridine rings is 1. The fraction of sp³-hybridized carbons (Fsp3) is 0.150. The molecule has 0 radical (unpaired) electrons. The molecule has 0 spiro atoms. The Morgan fingerprint density at radius 3 is 2.77 bits per heavy atom. The van der Waals surface area contributed by atoms with E-state index >= 15 is 0 Å². The monoisotopic (exact) mass is 405 g/mol. The van der Waals surface area contributed by atoms with Crippen molar-refractivity contribution < 1.29 is 5.11 Å². The minimum absolute atomic E-state index is 0.0343. The first-order valence-electron chi connectivity index (χ1n) is 9.16. The van der Waals surface area contributed by atoms with Crippen LogP contribution in [0.1, 0.15) is 17.2 Å². The van der Waals surface area contributed by atoms with Crippen molar-refractivity contribution in [2.75, 3.05) is 5.43 Å². The van der Waals surface area contributed by atoms with E-state index < -0.39 is 17.4 Å². The fourth-order valence-corrected chi connectivity index (χ4v) is 3.07. The van der Waals surface area contributed by atoms with Gasteiger partial charge in [0.2, 0.25) is 5.95 Å². The van der Waals surface area contributed by atoms with E-state index in [0.29, 0.717) is 5.56 Å². The quantitative estimate of drug-likeness (QED) is 0.324. The zero-order valence-electron chi connectivity index (χ0n) is 16.1. The van der Waals surface area contributed by atoms with Gasteiger partial charge in [0.05, 0.1) is 18.9 Å². The smallest absolute Gasteiger partial charge is 0.329 e. The van der Waals surface area contributed by atoms with Crippen LogP contribution >= 0.6 is 0 Å². The zero-order valence-corrected chi connectivity index (χ0v) is 16.1. The summed E-state index contributed by atoms with van der Waals surface area (Å²) in [5.74, 6) is 0.215. The number of aryl methyl sites for hydroxylation is 1. The van der Waals surface area contributed by atoms with Crippen molar-refractivity contribution in [1.29, 1.82) is 0 Å². The Morgan fingerprint density at radius 2 is 2.03 bits per heavy atom. The maximum absolute atomic E-state index is 12.5. The highest BCUT2D eigenvalue weighted by molar-refractivity contribution is 5.80. The normalized spacial score (nSPS) is 12.5. The highest BCUT2D eigenvalue weighted by Crippen LogP contribution is 2.21. The number of nitrogens with one attached hydrogen (secondary N) is 2. The molecule has 3 heterocycles. The molecule has 0 amide bonds. The molecule has 0 bridgehead atoms. The largest absolute Gasteiger partial charge is 0.387 e. The van der Waals surface area contributed by atoms with E-state index in [-0.39, 0.29) is 23.7 Å². The molecule has 0 aliphatic heterocycles. The number of fused-ring (bicyclic) bond motifs is 1. The highest BCUT2D eigenvalue weighted by atomic mass is 16.3. The van der Waals surface area contributed by atoms with Crippen LogP contribution in [0.5, 0.6) is 0 Å². The van der Waals surface area contributed by atoms with Gasteiger partial charge < -0.3 is 5.11 Å². The average Bonchev–Trinajstić information content (AvgIpc) is 3.12. The number of imidazole rings is 1. The third kappa shape index (κ3) is 3.76. The molecule has 0 aliphatic carbocycles. The third-order valence-corrected chi connectivity index (χ3v) is 4.61. The summed E-state index contributed by atoms with van der Waals surface area (Å²) in [6, 6.07) is 12.7. The van der Waals surface area contributed by atoms with Crippen LogP contribution in [0.3, 0.4) is 0 Å². The topological polar surface area (TPSA) is 130 Å². The molecule has 0 saturated carbocycles. The van der Waals surface area contributed by atoms with Crippen LogP contribution in [0.4, 0.5) is 5.95 Å². The minimum Gasteiger partial charge on any atom is -0.387 e. The second-order valence-corrected chi connectivity index (χ2v) is 6.62. The molecule has 1 atom stereocenters. The third-order valence-electron chi connectivity index (χ3n) is 4.61. The van der Waals surface area contributed by atoms with E-state index in [1.165, 1.54) is 16.2 Å². The van der Waals surface area contributed by atoms with Gasteiger partial charge in [-0.15, -0.1) is 0 Å². The van der Waals surface area contributed by atoms with Crippen molar-refractivity contribution in [2.24, 2.45) is 12.1 Å². The van der Waals surface area contributed by atoms with Gasteiger partial charge in [-0.25, -0.2) is 10.2 Å². The number of nitrogens with zero attached hydrogens (tertiary/aromatic N) is 5. The predicted molar refractivity (Wildman–Crippen MR) is 112 cm³/mol. The summed E-state index contributed by atoms with van der Waals surface area (Å²) >= 11 is 0. The van der Waals surface area contributed by atoms with Gasteiger partial charge in [0.15, 0.2) is 11.2 Å². The van der Waals surface area contributed by atoms with Crippen LogP contribution in [0.2, 0.25) is 0 Å². The number of benzene rings is 1. The summed E-state index contributed by atoms with van der Waals surface area (Å²) in [4.78, 5) is 35.1. The zero-order chi connectivity index (χ0) is 21.1. The fourth-order valence-electron chi connectivity index (χ4n) is 3.07. The lowest BCUT2D eigenvalue weighted by Gasteiger charge is -2.14. The van der Waals surface area contributed by atoms with Crippen LogP contribution in [-0.4, -0.2) is 35.4 Å². The van der Waals surface area contributed by atoms with Crippen LogP contribution in [0, 0.1) is 0 Å². The van der Waals surface area contributed by atoms with E-state index in [9.17, 15) is 14.7 Å². The standard InChI is InChI=1S/C20H19N7O3/c1-26-17-16(18(29)24-20(26)30)27(12-15(28)14-7-3-2-4-8-14)19(23-17)25-22-11-13-6-5-9-21-10-13/h2-11,15,28H,12H2,1H3,(H,23,25)(H,24,29,30)/b22-11-/t15-/m0/s1. The molecule has 1 aromatic carbocycles. The Balaban J connectivity index is 1.76. The maximum atomic E-state index is 12.5. The number of H-pyrrole nitrogens is 1. The summed E-state index contributed by atoms with van der Waals surface area (Å²) in [6.45, 7) is 0.0343. The molecule has 0 saturated heterocycles. The second-order valence-electron chi connectivity index (χ2n) is 6.62. The Labute approximate surface area is 170 Å². The first kappa shape index (κ1) is 19.3. The number of aliphatic hydroxyl groups is 1. The van der Waals surface area contributed by atoms with Crippen LogP contribution in [-0.2, 0) is 13.6 Å². The van der Waals surface area contributed by atoms with E-state index in [1.807, 2.05) is 24.3 Å². The lowest BCUT2D eigenvalue weighted by Crippen LogP contribution is -2.29. The molecule has 0 aliphatic rings. The molecule has 0 unspecified atom stereocenters. The lowest BCUT2D eigenvalue weighted by atomic mass is 10.1. The number of aromatic nitrogens is 5. The number of aliphatic hydroxyl groups excluding tert-OH is 1. The van der Waals surface area contributed by atoms with Crippen molar-refractivity contribution in [3.8, 4) is 0 Å². The highest BCUT2D eigenvalue weighted by Gasteiger charge is 2.20. The van der Waals surface area contributed by atoms with Gasteiger partial charge >= 0.3 is 5.69 Å². The summed E-state index contributed by atoms with van der Waals surface area (Å²) in [5, 5.41) is 14.8. The summed E-state index contributed by atoms with van der Waals surface area (Å²) in [6.07, 6.45) is 3.94. The number of rotatable bonds is 6. The first-order chi connectivity index (χ1) is 14.5. The maximum Gasteiger partial charge on any atom is 0.329 e. The predicted octanol–water partition coefficient (Wildman–Crippen LogP) is 0.998. The van der Waals surface area contributed by atoms with Crippen LogP contribution < -0.4 is 16.7 Å². The van der Waals surface area contributed by atoms with Gasteiger partial charge in [-0.2, -0.15) is 10.1 Å². The molecule has 152 valence electrons. The summed E-state index contributed by atoms with van der Waals surface area (Å²) in [5.41, 5.74) is 3.42. The Morgan fingerprint density at radius 1 is 1.23 bits per heavy atom. The summed E-state index contributed by atoms with van der Waals surface area (Å²) < 4.78 is 2.74. The SMILES string of the molecule is Cn1c(=O)[nH]c(=O)c2c1nc(N/N=C\c1cccnc1)n2C[C@H](O)c1ccccc1. The van der Waals surface area contributed by atoms with Gasteiger partial charge in [0, 0.05) is 25.0 Å². The van der Waals surface area contributed by atoms with E-state index in [1.54, 1.807) is 36.8 Å². The van der Waals surface area contributed by atoms with E-state index in [4.69, 9.17) is 0 Å². The van der Waals surface area contributed by atoms with Crippen molar-refractivity contribution >= 4 is 23.3 Å². The molecule has 3 N–H and O–H groups in total. The van der Waals surface area contributed by atoms with Crippen molar-refractivity contribution in [1.82, 2.24) is 24.1 Å². The summed E-state index contributed by atoms with van der Waals surface area (Å²) in [7, 11) is 1.51.